The van der Waals surface area contributed by atoms with Crippen molar-refractivity contribution in [1.82, 2.24) is 4.90 Å². The smallest absolute Gasteiger partial charge is 0.410 e. The summed E-state index contributed by atoms with van der Waals surface area (Å²) in [6.07, 6.45) is 0.113. The predicted molar refractivity (Wildman–Crippen MR) is 106 cm³/mol. The summed E-state index contributed by atoms with van der Waals surface area (Å²) in [7, 11) is 1.31. The molecule has 1 aliphatic heterocycles. The van der Waals surface area contributed by atoms with Gasteiger partial charge in [-0.2, -0.15) is 0 Å². The summed E-state index contributed by atoms with van der Waals surface area (Å²) in [6, 6.07) is 7.18. The number of methoxy groups -OCH3 is 1. The number of nitrogens with one attached hydrogen (secondary N) is 1. The summed E-state index contributed by atoms with van der Waals surface area (Å²) in [5, 5.41) is 3.27. The number of fused-ring (bicyclic) bond motifs is 1. The summed E-state index contributed by atoms with van der Waals surface area (Å²) in [4.78, 5) is 39.5. The van der Waals surface area contributed by atoms with E-state index in [0.29, 0.717) is 42.2 Å². The Balaban J connectivity index is 1.89. The number of aryl methyl sites for hydroxylation is 1. The van der Waals surface area contributed by atoms with Crippen molar-refractivity contribution in [1.29, 1.82) is 0 Å². The molecular formula is C20H22N2O5S. The van der Waals surface area contributed by atoms with Gasteiger partial charge in [0.15, 0.2) is 0 Å². The molecule has 7 nitrogen and oxygen atoms in total. The lowest BCUT2D eigenvalue weighted by atomic mass is 10.0. The molecule has 1 aromatic carbocycles. The van der Waals surface area contributed by atoms with Crippen molar-refractivity contribution in [3.63, 3.8) is 0 Å². The molecule has 8 heteroatoms. The van der Waals surface area contributed by atoms with Gasteiger partial charge in [-0.15, -0.1) is 11.3 Å². The molecule has 28 heavy (non-hydrogen) atoms. The van der Waals surface area contributed by atoms with Gasteiger partial charge in [0.1, 0.15) is 5.00 Å². The molecule has 0 saturated heterocycles. The van der Waals surface area contributed by atoms with E-state index in [-0.39, 0.29) is 12.0 Å². The Hall–Kier alpha value is -2.87. The average Bonchev–Trinajstić information content (AvgIpc) is 3.04. The van der Waals surface area contributed by atoms with E-state index >= 15 is 0 Å². The number of anilines is 1. The Kier molecular flexibility index (Phi) is 5.99. The lowest BCUT2D eigenvalue weighted by Crippen LogP contribution is -2.36. The number of nitrogens with zero attached hydrogens (tertiary/aromatic N) is 1. The third kappa shape index (κ3) is 4.01. The van der Waals surface area contributed by atoms with Crippen molar-refractivity contribution in [2.24, 2.45) is 0 Å². The van der Waals surface area contributed by atoms with Crippen LogP contribution in [0.15, 0.2) is 24.3 Å². The summed E-state index contributed by atoms with van der Waals surface area (Å²) in [5.74, 6) is -0.799. The highest BCUT2D eigenvalue weighted by molar-refractivity contribution is 7.17. The first kappa shape index (κ1) is 19.9. The van der Waals surface area contributed by atoms with Crippen molar-refractivity contribution >= 4 is 34.3 Å². The van der Waals surface area contributed by atoms with Crippen LogP contribution in [-0.2, 0) is 22.4 Å². The quantitative estimate of drug-likeness (QED) is 0.790. The number of ether oxygens (including phenoxy) is 2. The molecule has 2 amide bonds. The number of hydrogen-bond acceptors (Lipinski definition) is 6. The second kappa shape index (κ2) is 8.43. The molecule has 2 aromatic rings. The van der Waals surface area contributed by atoms with Crippen LogP contribution in [-0.4, -0.2) is 43.1 Å². The maximum Gasteiger partial charge on any atom is 0.410 e. The number of carbonyl (C=O) groups is 3. The zero-order valence-corrected chi connectivity index (χ0v) is 16.9. The third-order valence-electron chi connectivity index (χ3n) is 4.51. The molecule has 1 aromatic heterocycles. The Morgan fingerprint density at radius 1 is 1.21 bits per heavy atom. The summed E-state index contributed by atoms with van der Waals surface area (Å²) < 4.78 is 9.99. The molecule has 0 spiro atoms. The van der Waals surface area contributed by atoms with Crippen LogP contribution in [0.4, 0.5) is 9.80 Å². The van der Waals surface area contributed by atoms with E-state index in [9.17, 15) is 14.4 Å². The second-order valence-electron chi connectivity index (χ2n) is 6.39. The van der Waals surface area contributed by atoms with Gasteiger partial charge in [-0.3, -0.25) is 4.79 Å². The minimum absolute atomic E-state index is 0.300. The molecule has 0 atom stereocenters. The lowest BCUT2D eigenvalue weighted by Gasteiger charge is -2.26. The van der Waals surface area contributed by atoms with Crippen LogP contribution in [0.2, 0.25) is 0 Å². The molecule has 3 rings (SSSR count). The zero-order valence-electron chi connectivity index (χ0n) is 16.0. The van der Waals surface area contributed by atoms with E-state index in [1.54, 1.807) is 24.0 Å². The van der Waals surface area contributed by atoms with Gasteiger partial charge in [-0.1, -0.05) is 17.7 Å². The number of amides is 2. The van der Waals surface area contributed by atoms with E-state index in [2.05, 4.69) is 5.32 Å². The summed E-state index contributed by atoms with van der Waals surface area (Å²) in [6.45, 7) is 4.78. The van der Waals surface area contributed by atoms with Crippen molar-refractivity contribution in [2.75, 3.05) is 25.6 Å². The first-order valence-corrected chi connectivity index (χ1v) is 9.78. The minimum Gasteiger partial charge on any atom is -0.465 e. The molecule has 0 aliphatic carbocycles. The van der Waals surface area contributed by atoms with E-state index in [4.69, 9.17) is 9.47 Å². The van der Waals surface area contributed by atoms with Crippen LogP contribution in [0.1, 0.15) is 43.6 Å². The third-order valence-corrected chi connectivity index (χ3v) is 5.65. The SMILES string of the molecule is CCOC(=O)N1CCc2c(sc(NC(=O)c3ccc(C)cc3)c2C(=O)OC)C1. The van der Waals surface area contributed by atoms with Crippen LogP contribution in [0.25, 0.3) is 0 Å². The normalized spacial score (nSPS) is 12.9. The fraction of sp³-hybridized carbons (Fsp3) is 0.350. The Labute approximate surface area is 167 Å². The van der Waals surface area contributed by atoms with Crippen LogP contribution in [0.5, 0.6) is 0 Å². The van der Waals surface area contributed by atoms with Crippen LogP contribution < -0.4 is 5.32 Å². The van der Waals surface area contributed by atoms with Gasteiger partial charge in [0.2, 0.25) is 0 Å². The minimum atomic E-state index is -0.499. The van der Waals surface area contributed by atoms with Crippen molar-refractivity contribution in [2.45, 2.75) is 26.8 Å². The van der Waals surface area contributed by atoms with E-state index in [0.717, 1.165) is 16.0 Å². The van der Waals surface area contributed by atoms with Gasteiger partial charge < -0.3 is 19.7 Å². The molecule has 0 bridgehead atoms. The maximum atomic E-state index is 12.6. The molecular weight excluding hydrogens is 380 g/mol. The number of thiophene rings is 1. The van der Waals surface area contributed by atoms with Crippen molar-refractivity contribution < 1.29 is 23.9 Å². The molecule has 148 valence electrons. The molecule has 0 saturated carbocycles. The standard InChI is InChI=1S/C20H22N2O5S/c1-4-27-20(25)22-10-9-14-15(11-22)28-18(16(14)19(24)26-3)21-17(23)13-7-5-12(2)6-8-13/h5-8H,4,9-11H2,1-3H3,(H,21,23). The number of esters is 1. The largest absolute Gasteiger partial charge is 0.465 e. The molecule has 0 unspecified atom stereocenters. The highest BCUT2D eigenvalue weighted by Crippen LogP contribution is 2.38. The van der Waals surface area contributed by atoms with Crippen LogP contribution >= 0.6 is 11.3 Å². The van der Waals surface area contributed by atoms with Gasteiger partial charge in [-0.25, -0.2) is 9.59 Å². The van der Waals surface area contributed by atoms with Gasteiger partial charge in [-0.05, 0) is 38.0 Å². The maximum absolute atomic E-state index is 12.6. The topological polar surface area (TPSA) is 84.9 Å². The van der Waals surface area contributed by atoms with Crippen LogP contribution in [0.3, 0.4) is 0 Å². The highest BCUT2D eigenvalue weighted by Gasteiger charge is 2.31. The van der Waals surface area contributed by atoms with E-state index in [1.165, 1.54) is 18.4 Å². The Bertz CT molecular complexity index is 904. The van der Waals surface area contributed by atoms with Crippen molar-refractivity contribution in [3.8, 4) is 0 Å². The van der Waals surface area contributed by atoms with E-state index in [1.807, 2.05) is 19.1 Å². The molecule has 2 heterocycles. The number of rotatable bonds is 4. The zero-order chi connectivity index (χ0) is 20.3. The molecule has 0 radical (unpaired) electrons. The Morgan fingerprint density at radius 3 is 2.57 bits per heavy atom. The van der Waals surface area contributed by atoms with Crippen LogP contribution in [0, 0.1) is 6.92 Å². The first-order chi connectivity index (χ1) is 13.4. The first-order valence-electron chi connectivity index (χ1n) is 8.97. The fourth-order valence-corrected chi connectivity index (χ4v) is 4.31. The predicted octanol–water partition coefficient (Wildman–Crippen LogP) is 3.61. The highest BCUT2D eigenvalue weighted by atomic mass is 32.1. The molecule has 0 fully saturated rings. The number of benzene rings is 1. The lowest BCUT2D eigenvalue weighted by molar-refractivity contribution is 0.0600. The summed E-state index contributed by atoms with van der Waals surface area (Å²) in [5.41, 5.74) is 2.74. The average molecular weight is 402 g/mol. The van der Waals surface area contributed by atoms with E-state index < -0.39 is 5.97 Å². The summed E-state index contributed by atoms with van der Waals surface area (Å²) >= 11 is 1.29. The molecule has 1 aliphatic rings. The number of carbonyl (C=O) groups excluding carboxylic acids is 3. The molecule has 1 N–H and O–H groups in total. The monoisotopic (exact) mass is 402 g/mol. The van der Waals surface area contributed by atoms with Gasteiger partial charge in [0.25, 0.3) is 5.91 Å². The second-order valence-corrected chi connectivity index (χ2v) is 7.50. The van der Waals surface area contributed by atoms with Gasteiger partial charge >= 0.3 is 12.1 Å². The van der Waals surface area contributed by atoms with Gasteiger partial charge in [0, 0.05) is 17.0 Å². The van der Waals surface area contributed by atoms with Gasteiger partial charge in [0.05, 0.1) is 25.8 Å². The fourth-order valence-electron chi connectivity index (χ4n) is 3.06. The van der Waals surface area contributed by atoms with Crippen molar-refractivity contribution in [3.05, 3.63) is 51.4 Å². The number of hydrogen-bond donors (Lipinski definition) is 1. The Morgan fingerprint density at radius 2 is 1.93 bits per heavy atom.